The zero-order valence-corrected chi connectivity index (χ0v) is 7.36. The predicted octanol–water partition coefficient (Wildman–Crippen LogP) is -4.06. The van der Waals surface area contributed by atoms with Gasteiger partial charge in [-0.25, -0.2) is 5.43 Å². The van der Waals surface area contributed by atoms with Crippen molar-refractivity contribution in [2.45, 2.75) is 13.8 Å². The van der Waals surface area contributed by atoms with Crippen LogP contribution in [0.25, 0.3) is 0 Å². The van der Waals surface area contributed by atoms with Crippen molar-refractivity contribution in [3.05, 3.63) is 0 Å². The van der Waals surface area contributed by atoms with Crippen LogP contribution in [0, 0.1) is 0 Å². The maximum absolute atomic E-state index is 10.1. The molecule has 1 amide bonds. The van der Waals surface area contributed by atoms with E-state index < -0.39 is 0 Å². The normalized spacial score (nSPS) is 6.40. The summed E-state index contributed by atoms with van der Waals surface area (Å²) in [4.78, 5) is 10.1. The number of ether oxygens (including phenoxy) is 1. The minimum absolute atomic E-state index is 0. The van der Waals surface area contributed by atoms with Crippen LogP contribution in [0.3, 0.4) is 0 Å². The molecule has 0 atom stereocenters. The summed E-state index contributed by atoms with van der Waals surface area (Å²) in [5.41, 5.74) is 2.15. The van der Waals surface area contributed by atoms with Crippen LogP contribution >= 0.6 is 0 Å². The fourth-order valence-electron chi connectivity index (χ4n) is 0.182. The maximum atomic E-state index is 10.1. The number of halogens is 1. The van der Waals surface area contributed by atoms with Gasteiger partial charge in [-0.05, 0) is 0 Å². The van der Waals surface area contributed by atoms with Gasteiger partial charge in [0.25, 0.3) is 5.91 Å². The molecule has 0 saturated heterocycles. The highest BCUT2D eigenvalue weighted by molar-refractivity contribution is 5.75. The molecule has 0 aromatic rings. The molecule has 5 heteroatoms. The molecule has 64 valence electrons. The number of carbonyl (C=O) groups is 1. The highest BCUT2D eigenvalue weighted by Gasteiger charge is 1.93. The van der Waals surface area contributed by atoms with Gasteiger partial charge in [0.1, 0.15) is 6.61 Å². The lowest BCUT2D eigenvalue weighted by atomic mass is 10.7. The van der Waals surface area contributed by atoms with Gasteiger partial charge in [-0.2, -0.15) is 0 Å². The van der Waals surface area contributed by atoms with E-state index in [-0.39, 0.29) is 24.9 Å². The van der Waals surface area contributed by atoms with Gasteiger partial charge in [-0.15, -0.1) is 0 Å². The second-order valence-electron chi connectivity index (χ2n) is 1.03. The molecule has 0 bridgehead atoms. The van der Waals surface area contributed by atoms with Gasteiger partial charge in [0, 0.05) is 7.11 Å². The molecule has 0 saturated carbocycles. The second kappa shape index (κ2) is 15.9. The van der Waals surface area contributed by atoms with E-state index >= 15 is 0 Å². The molecule has 0 aromatic heterocycles. The molecule has 0 aromatic carbocycles. The Morgan fingerprint density at radius 2 is 2.00 bits per heavy atom. The van der Waals surface area contributed by atoms with Crippen LogP contribution in [-0.4, -0.2) is 19.6 Å². The third-order valence-corrected chi connectivity index (χ3v) is 0.473. The molecular weight excluding hydrogens is 156 g/mol. The first-order valence-electron chi connectivity index (χ1n) is 2.86. The molecule has 0 radical (unpaired) electrons. The maximum Gasteiger partial charge on any atom is 0.290 e. The number of methoxy groups -OCH3 is 1. The Morgan fingerprint density at radius 1 is 1.60 bits per heavy atom. The average molecular weight is 171 g/mol. The first kappa shape index (κ1) is 16.3. The summed E-state index contributed by atoms with van der Waals surface area (Å²) >= 11 is 0. The average Bonchev–Trinajstić information content (AvgIpc) is 1.93. The van der Waals surface area contributed by atoms with Gasteiger partial charge in [-0.3, -0.25) is 10.6 Å². The zero-order chi connectivity index (χ0) is 7.70. The Kier molecular flexibility index (Phi) is 25.9. The van der Waals surface area contributed by atoms with E-state index in [0.717, 1.165) is 0 Å². The first-order valence-corrected chi connectivity index (χ1v) is 2.86. The largest absolute Gasteiger partial charge is 1.00 e. The summed E-state index contributed by atoms with van der Waals surface area (Å²) < 4.78 is 4.44. The van der Waals surface area contributed by atoms with Gasteiger partial charge in [0.05, 0.1) is 0 Å². The number of amides is 1. The lowest BCUT2D eigenvalue weighted by Crippen LogP contribution is -3.00. The SMILES string of the molecule is CC.COCC(=O)N[NH3+].[Cl-]. The van der Waals surface area contributed by atoms with Crippen LogP contribution in [0.2, 0.25) is 0 Å². The van der Waals surface area contributed by atoms with Crippen LogP contribution in [0.1, 0.15) is 13.8 Å². The molecule has 0 heterocycles. The molecule has 0 fully saturated rings. The van der Waals surface area contributed by atoms with Crippen molar-refractivity contribution in [3.63, 3.8) is 0 Å². The summed E-state index contributed by atoms with van der Waals surface area (Å²) in [6.07, 6.45) is 0. The van der Waals surface area contributed by atoms with Crippen molar-refractivity contribution in [2.75, 3.05) is 13.7 Å². The van der Waals surface area contributed by atoms with Crippen molar-refractivity contribution in [2.24, 2.45) is 0 Å². The van der Waals surface area contributed by atoms with Crippen molar-refractivity contribution in [1.82, 2.24) is 5.43 Å². The first-order chi connectivity index (χ1) is 4.31. The topological polar surface area (TPSA) is 66.0 Å². The third kappa shape index (κ3) is 15.6. The molecular formula is C5H15ClN2O2. The monoisotopic (exact) mass is 170 g/mol. The van der Waals surface area contributed by atoms with Gasteiger partial charge >= 0.3 is 0 Å². The van der Waals surface area contributed by atoms with E-state index in [9.17, 15) is 4.79 Å². The Bertz CT molecular complexity index is 70.7. The quantitative estimate of drug-likeness (QED) is 0.415. The van der Waals surface area contributed by atoms with Crippen molar-refractivity contribution in [3.8, 4) is 0 Å². The lowest BCUT2D eigenvalue weighted by molar-refractivity contribution is -0.427. The number of quaternary nitrogens is 1. The minimum Gasteiger partial charge on any atom is -1.00 e. The summed E-state index contributed by atoms with van der Waals surface area (Å²) in [6.45, 7) is 4.09. The minimum atomic E-state index is -0.206. The van der Waals surface area contributed by atoms with E-state index in [2.05, 4.69) is 16.0 Å². The summed E-state index contributed by atoms with van der Waals surface area (Å²) in [6, 6.07) is 0. The van der Waals surface area contributed by atoms with Crippen molar-refractivity contribution < 1.29 is 27.8 Å². The summed E-state index contributed by atoms with van der Waals surface area (Å²) in [5.74, 6) is 2.92. The number of carbonyl (C=O) groups excluding carboxylic acids is 1. The number of rotatable bonds is 2. The zero-order valence-electron chi connectivity index (χ0n) is 6.61. The van der Waals surface area contributed by atoms with Gasteiger partial charge < -0.3 is 17.1 Å². The molecule has 0 aliphatic heterocycles. The van der Waals surface area contributed by atoms with Gasteiger partial charge in [0.15, 0.2) is 0 Å². The predicted molar refractivity (Wildman–Crippen MR) is 34.3 cm³/mol. The molecule has 0 rings (SSSR count). The number of nitrogens with one attached hydrogen (secondary N) is 1. The van der Waals surface area contributed by atoms with Crippen molar-refractivity contribution in [1.29, 1.82) is 0 Å². The molecule has 4 nitrogen and oxygen atoms in total. The summed E-state index contributed by atoms with van der Waals surface area (Å²) in [5, 5.41) is 0. The Morgan fingerprint density at radius 3 is 2.10 bits per heavy atom. The summed E-state index contributed by atoms with van der Waals surface area (Å²) in [7, 11) is 1.45. The van der Waals surface area contributed by atoms with Gasteiger partial charge in [-0.1, -0.05) is 13.8 Å². The number of hydrogen-bond donors (Lipinski definition) is 2. The van der Waals surface area contributed by atoms with Crippen LogP contribution in [0.15, 0.2) is 0 Å². The van der Waals surface area contributed by atoms with Crippen LogP contribution in [0.4, 0.5) is 0 Å². The van der Waals surface area contributed by atoms with Crippen LogP contribution < -0.4 is 23.7 Å². The van der Waals surface area contributed by atoms with Crippen LogP contribution in [0.5, 0.6) is 0 Å². The Balaban J connectivity index is -0.000000149. The molecule has 0 aliphatic rings. The van der Waals surface area contributed by atoms with E-state index in [1.807, 2.05) is 13.8 Å². The fourth-order valence-corrected chi connectivity index (χ4v) is 0.182. The van der Waals surface area contributed by atoms with E-state index in [1.54, 1.807) is 0 Å². The van der Waals surface area contributed by atoms with E-state index in [4.69, 9.17) is 0 Å². The molecule has 10 heavy (non-hydrogen) atoms. The number of hydrogen-bond acceptors (Lipinski definition) is 2. The van der Waals surface area contributed by atoms with Crippen molar-refractivity contribution >= 4 is 5.91 Å². The molecule has 0 aliphatic carbocycles. The highest BCUT2D eigenvalue weighted by atomic mass is 35.5. The Labute approximate surface area is 67.5 Å². The molecule has 0 unspecified atom stereocenters. The van der Waals surface area contributed by atoms with Crippen LogP contribution in [-0.2, 0) is 9.53 Å². The van der Waals surface area contributed by atoms with E-state index in [1.165, 1.54) is 7.11 Å². The third-order valence-electron chi connectivity index (χ3n) is 0.473. The second-order valence-corrected chi connectivity index (χ2v) is 1.03. The molecule has 0 spiro atoms. The smallest absolute Gasteiger partial charge is 0.290 e. The highest BCUT2D eigenvalue weighted by Crippen LogP contribution is 1.60. The molecule has 4 N–H and O–H groups in total. The standard InChI is InChI=1S/C3H8N2O2.C2H6.ClH/c1-7-2-3(6)5-4;1-2;/h2,4H2,1H3,(H,5,6);1-2H3;1H. The Hall–Kier alpha value is -0.320. The fraction of sp³-hybridized carbons (Fsp3) is 0.800. The van der Waals surface area contributed by atoms with Gasteiger partial charge in [0.2, 0.25) is 0 Å². The van der Waals surface area contributed by atoms with E-state index in [0.29, 0.717) is 0 Å². The lowest BCUT2D eigenvalue weighted by Gasteiger charge is -1.90.